The third kappa shape index (κ3) is 2.87. The molecule has 0 radical (unpaired) electrons. The van der Waals surface area contributed by atoms with Crippen molar-refractivity contribution in [2.75, 3.05) is 7.05 Å². The van der Waals surface area contributed by atoms with E-state index in [-0.39, 0.29) is 11.9 Å². The van der Waals surface area contributed by atoms with Gasteiger partial charge in [-0.1, -0.05) is 55.0 Å². The summed E-state index contributed by atoms with van der Waals surface area (Å²) in [7, 11) is 1.89. The molecule has 1 aromatic heterocycles. The zero-order valence-electron chi connectivity index (χ0n) is 13.8. The molecule has 3 nitrogen and oxygen atoms in total. The number of nitrogens with one attached hydrogen (secondary N) is 1. The van der Waals surface area contributed by atoms with Crippen LogP contribution >= 0.6 is 0 Å². The second kappa shape index (κ2) is 6.29. The first-order valence-electron chi connectivity index (χ1n) is 8.00. The standard InChI is InChI=1S/C20H22N2O/c1-4-19(23)22(3)20(15-11-9-14(2)10-12-15)17-13-21-18-8-6-5-7-16(17)18/h5-13,20-21H,4H2,1-3H3/t20-/m1/s1. The topological polar surface area (TPSA) is 36.1 Å². The summed E-state index contributed by atoms with van der Waals surface area (Å²) in [6.45, 7) is 3.98. The van der Waals surface area contributed by atoms with Crippen molar-refractivity contribution in [3.05, 3.63) is 71.4 Å². The van der Waals surface area contributed by atoms with E-state index in [2.05, 4.69) is 48.3 Å². The van der Waals surface area contributed by atoms with Crippen LogP contribution in [0.5, 0.6) is 0 Å². The van der Waals surface area contributed by atoms with Crippen molar-refractivity contribution >= 4 is 16.8 Å². The lowest BCUT2D eigenvalue weighted by Gasteiger charge is -2.28. The molecule has 0 saturated heterocycles. The first kappa shape index (κ1) is 15.3. The molecule has 3 rings (SSSR count). The van der Waals surface area contributed by atoms with E-state index in [9.17, 15) is 4.79 Å². The summed E-state index contributed by atoms with van der Waals surface area (Å²) < 4.78 is 0. The number of amides is 1. The van der Waals surface area contributed by atoms with Gasteiger partial charge in [0.1, 0.15) is 0 Å². The fourth-order valence-corrected chi connectivity index (χ4v) is 3.07. The Morgan fingerprint density at radius 1 is 1.13 bits per heavy atom. The molecule has 1 heterocycles. The van der Waals surface area contributed by atoms with E-state index in [0.717, 1.165) is 22.0 Å². The number of rotatable bonds is 4. The maximum Gasteiger partial charge on any atom is 0.222 e. The van der Waals surface area contributed by atoms with Gasteiger partial charge in [-0.25, -0.2) is 0 Å². The highest BCUT2D eigenvalue weighted by Crippen LogP contribution is 2.33. The zero-order valence-corrected chi connectivity index (χ0v) is 13.8. The van der Waals surface area contributed by atoms with Gasteiger partial charge in [0.15, 0.2) is 0 Å². The van der Waals surface area contributed by atoms with Gasteiger partial charge < -0.3 is 9.88 Å². The SMILES string of the molecule is CCC(=O)N(C)[C@H](c1ccc(C)cc1)c1c[nH]c2ccccc12. The van der Waals surface area contributed by atoms with Crippen LogP contribution in [0.4, 0.5) is 0 Å². The molecule has 0 unspecified atom stereocenters. The van der Waals surface area contributed by atoms with Gasteiger partial charge in [0.2, 0.25) is 5.91 Å². The predicted molar refractivity (Wildman–Crippen MR) is 94.4 cm³/mol. The van der Waals surface area contributed by atoms with Crippen molar-refractivity contribution < 1.29 is 4.79 Å². The first-order chi connectivity index (χ1) is 11.1. The molecule has 0 aliphatic carbocycles. The highest BCUT2D eigenvalue weighted by atomic mass is 16.2. The van der Waals surface area contributed by atoms with E-state index in [1.165, 1.54) is 5.56 Å². The van der Waals surface area contributed by atoms with Crippen LogP contribution in [0.3, 0.4) is 0 Å². The summed E-state index contributed by atoms with van der Waals surface area (Å²) in [5.41, 5.74) is 4.58. The average Bonchev–Trinajstić information content (AvgIpc) is 3.00. The summed E-state index contributed by atoms with van der Waals surface area (Å²) in [6, 6.07) is 16.6. The Morgan fingerprint density at radius 2 is 1.83 bits per heavy atom. The van der Waals surface area contributed by atoms with Gasteiger partial charge in [-0.3, -0.25) is 4.79 Å². The second-order valence-electron chi connectivity index (χ2n) is 5.96. The molecule has 1 atom stereocenters. The molecular weight excluding hydrogens is 284 g/mol. The van der Waals surface area contributed by atoms with Gasteiger partial charge in [-0.15, -0.1) is 0 Å². The summed E-state index contributed by atoms with van der Waals surface area (Å²) in [5.74, 6) is 0.140. The summed E-state index contributed by atoms with van der Waals surface area (Å²) in [5, 5.41) is 1.16. The fourth-order valence-electron chi connectivity index (χ4n) is 3.07. The Balaban J connectivity index is 2.15. The smallest absolute Gasteiger partial charge is 0.222 e. The monoisotopic (exact) mass is 306 g/mol. The number of aromatic nitrogens is 1. The number of nitrogens with zero attached hydrogens (tertiary/aromatic N) is 1. The van der Waals surface area contributed by atoms with Gasteiger partial charge in [-0.05, 0) is 18.6 Å². The molecule has 0 aliphatic heterocycles. The van der Waals surface area contributed by atoms with Crippen LogP contribution in [0, 0.1) is 6.92 Å². The second-order valence-corrected chi connectivity index (χ2v) is 5.96. The number of hydrogen-bond donors (Lipinski definition) is 1. The molecule has 0 fully saturated rings. The number of carbonyl (C=O) groups is 1. The van der Waals surface area contributed by atoms with E-state index in [1.807, 2.05) is 37.2 Å². The lowest BCUT2D eigenvalue weighted by Crippen LogP contribution is -2.31. The number of hydrogen-bond acceptors (Lipinski definition) is 1. The van der Waals surface area contributed by atoms with Crippen molar-refractivity contribution in [3.63, 3.8) is 0 Å². The van der Waals surface area contributed by atoms with Gasteiger partial charge in [0, 0.05) is 36.1 Å². The number of benzene rings is 2. The third-order valence-electron chi connectivity index (χ3n) is 4.39. The van der Waals surface area contributed by atoms with Crippen LogP contribution in [0.25, 0.3) is 10.9 Å². The quantitative estimate of drug-likeness (QED) is 0.760. The van der Waals surface area contributed by atoms with Crippen molar-refractivity contribution in [2.24, 2.45) is 0 Å². The molecule has 0 aliphatic rings. The molecule has 3 heteroatoms. The van der Waals surface area contributed by atoms with E-state index in [4.69, 9.17) is 0 Å². The molecule has 2 aromatic carbocycles. The largest absolute Gasteiger partial charge is 0.361 e. The number of carbonyl (C=O) groups excluding carboxylic acids is 1. The Hall–Kier alpha value is -2.55. The Kier molecular flexibility index (Phi) is 4.20. The van der Waals surface area contributed by atoms with E-state index in [0.29, 0.717) is 6.42 Å². The summed E-state index contributed by atoms with van der Waals surface area (Å²) in [4.78, 5) is 17.5. The van der Waals surface area contributed by atoms with Crippen LogP contribution in [-0.4, -0.2) is 22.8 Å². The minimum Gasteiger partial charge on any atom is -0.361 e. The molecule has 23 heavy (non-hydrogen) atoms. The maximum absolute atomic E-state index is 12.3. The van der Waals surface area contributed by atoms with Crippen LogP contribution in [0.1, 0.15) is 36.1 Å². The van der Waals surface area contributed by atoms with Gasteiger partial charge >= 0.3 is 0 Å². The Labute approximate surface area is 136 Å². The number of para-hydroxylation sites is 1. The Bertz CT molecular complexity index is 817. The number of aromatic amines is 1. The normalized spacial score (nSPS) is 12.3. The zero-order chi connectivity index (χ0) is 16.4. The van der Waals surface area contributed by atoms with Crippen molar-refractivity contribution in [1.29, 1.82) is 0 Å². The lowest BCUT2D eigenvalue weighted by atomic mass is 9.96. The highest BCUT2D eigenvalue weighted by molar-refractivity contribution is 5.85. The molecule has 0 saturated carbocycles. The van der Waals surface area contributed by atoms with Gasteiger partial charge in [0.05, 0.1) is 6.04 Å². The average molecular weight is 306 g/mol. The molecule has 0 spiro atoms. The summed E-state index contributed by atoms with van der Waals surface area (Å²) >= 11 is 0. The first-order valence-corrected chi connectivity index (χ1v) is 8.00. The molecule has 118 valence electrons. The van der Waals surface area contributed by atoms with Crippen molar-refractivity contribution in [2.45, 2.75) is 26.3 Å². The third-order valence-corrected chi connectivity index (χ3v) is 4.39. The van der Waals surface area contributed by atoms with Crippen molar-refractivity contribution in [1.82, 2.24) is 9.88 Å². The number of fused-ring (bicyclic) bond motifs is 1. The fraction of sp³-hybridized carbons (Fsp3) is 0.250. The van der Waals surface area contributed by atoms with E-state index < -0.39 is 0 Å². The lowest BCUT2D eigenvalue weighted by molar-refractivity contribution is -0.131. The maximum atomic E-state index is 12.3. The minimum atomic E-state index is -0.0841. The molecular formula is C20H22N2O. The van der Waals surface area contributed by atoms with E-state index >= 15 is 0 Å². The molecule has 1 N–H and O–H groups in total. The van der Waals surface area contributed by atoms with E-state index in [1.54, 1.807) is 0 Å². The van der Waals surface area contributed by atoms with Crippen LogP contribution in [0.2, 0.25) is 0 Å². The number of aryl methyl sites for hydroxylation is 1. The number of H-pyrrole nitrogens is 1. The van der Waals surface area contributed by atoms with Crippen LogP contribution in [-0.2, 0) is 4.79 Å². The van der Waals surface area contributed by atoms with Gasteiger partial charge in [-0.2, -0.15) is 0 Å². The van der Waals surface area contributed by atoms with Crippen LogP contribution in [0.15, 0.2) is 54.7 Å². The van der Waals surface area contributed by atoms with Gasteiger partial charge in [0.25, 0.3) is 0 Å². The highest BCUT2D eigenvalue weighted by Gasteiger charge is 2.24. The minimum absolute atomic E-state index is 0.0841. The predicted octanol–water partition coefficient (Wildman–Crippen LogP) is 4.43. The molecule has 1 amide bonds. The molecule has 0 bridgehead atoms. The molecule has 3 aromatic rings. The Morgan fingerprint density at radius 3 is 2.52 bits per heavy atom. The van der Waals surface area contributed by atoms with Crippen LogP contribution < -0.4 is 0 Å². The van der Waals surface area contributed by atoms with Crippen molar-refractivity contribution in [3.8, 4) is 0 Å². The summed E-state index contributed by atoms with van der Waals surface area (Å²) in [6.07, 6.45) is 2.52.